The molecular weight excluding hydrogens is 374 g/mol. The summed E-state index contributed by atoms with van der Waals surface area (Å²) >= 11 is 0. The van der Waals surface area contributed by atoms with Gasteiger partial charge in [0.25, 0.3) is 0 Å². The smallest absolute Gasteiger partial charge is 0.227 e. The number of nitrogens with zero attached hydrogens (tertiary/aromatic N) is 2. The fourth-order valence-corrected chi connectivity index (χ4v) is 4.15. The van der Waals surface area contributed by atoms with E-state index in [0.717, 1.165) is 62.1 Å². The Labute approximate surface area is 181 Å². The Balaban J connectivity index is 1.45. The summed E-state index contributed by atoms with van der Waals surface area (Å²) in [6.45, 7) is 9.17. The van der Waals surface area contributed by atoms with Crippen LogP contribution in [0.5, 0.6) is 0 Å². The van der Waals surface area contributed by atoms with E-state index in [0.29, 0.717) is 6.54 Å². The van der Waals surface area contributed by atoms with Gasteiger partial charge in [-0.25, -0.2) is 4.99 Å². The van der Waals surface area contributed by atoms with Crippen LogP contribution in [0.4, 0.5) is 5.69 Å². The lowest BCUT2D eigenvalue weighted by Gasteiger charge is -2.33. The first-order valence-corrected chi connectivity index (χ1v) is 11.8. The molecule has 2 fully saturated rings. The monoisotopic (exact) mass is 413 g/mol. The second-order valence-electron chi connectivity index (χ2n) is 8.67. The minimum Gasteiger partial charge on any atom is -0.357 e. The number of piperidine rings is 1. The zero-order valence-corrected chi connectivity index (χ0v) is 18.8. The van der Waals surface area contributed by atoms with Crippen LogP contribution in [-0.2, 0) is 11.3 Å². The molecule has 1 heterocycles. The normalized spacial score (nSPS) is 20.5. The zero-order valence-electron chi connectivity index (χ0n) is 18.8. The second kappa shape index (κ2) is 11.9. The summed E-state index contributed by atoms with van der Waals surface area (Å²) in [6, 6.07) is 8.75. The van der Waals surface area contributed by atoms with E-state index in [-0.39, 0.29) is 11.8 Å². The molecule has 1 unspecified atom stereocenters. The summed E-state index contributed by atoms with van der Waals surface area (Å²) in [5.74, 6) is 1.21. The predicted octanol–water partition coefficient (Wildman–Crippen LogP) is 3.74. The number of hydrogen-bond donors (Lipinski definition) is 3. The topological polar surface area (TPSA) is 68.8 Å². The van der Waals surface area contributed by atoms with Crippen molar-refractivity contribution in [2.75, 3.05) is 31.5 Å². The minimum atomic E-state index is 0.153. The average molecular weight is 414 g/mol. The summed E-state index contributed by atoms with van der Waals surface area (Å²) in [5, 5.41) is 9.85. The third-order valence-electron chi connectivity index (χ3n) is 6.29. The van der Waals surface area contributed by atoms with Crippen LogP contribution in [0.25, 0.3) is 0 Å². The molecule has 0 radical (unpaired) electrons. The van der Waals surface area contributed by atoms with Gasteiger partial charge in [-0.05, 0) is 70.2 Å². The molecule has 1 saturated carbocycles. The molecule has 166 valence electrons. The summed E-state index contributed by atoms with van der Waals surface area (Å²) in [4.78, 5) is 19.5. The van der Waals surface area contributed by atoms with Gasteiger partial charge in [0, 0.05) is 37.3 Å². The lowest BCUT2D eigenvalue weighted by molar-refractivity contribution is -0.122. The van der Waals surface area contributed by atoms with Crippen LogP contribution < -0.4 is 16.0 Å². The van der Waals surface area contributed by atoms with Crippen LogP contribution >= 0.6 is 0 Å². The number of amides is 1. The van der Waals surface area contributed by atoms with Crippen LogP contribution in [-0.4, -0.2) is 49.0 Å². The Morgan fingerprint density at radius 3 is 2.77 bits per heavy atom. The number of likely N-dealkylation sites (tertiary alicyclic amines) is 1. The number of rotatable bonds is 9. The van der Waals surface area contributed by atoms with Crippen LogP contribution in [0, 0.1) is 5.92 Å². The highest BCUT2D eigenvalue weighted by molar-refractivity contribution is 5.93. The van der Waals surface area contributed by atoms with Gasteiger partial charge in [-0.3, -0.25) is 4.79 Å². The van der Waals surface area contributed by atoms with Crippen molar-refractivity contribution in [1.29, 1.82) is 0 Å². The molecule has 3 rings (SSSR count). The van der Waals surface area contributed by atoms with Gasteiger partial charge in [-0.15, -0.1) is 0 Å². The van der Waals surface area contributed by atoms with Crippen molar-refractivity contribution in [1.82, 2.24) is 15.5 Å². The first kappa shape index (κ1) is 22.6. The molecule has 0 spiro atoms. The maximum Gasteiger partial charge on any atom is 0.227 e. The average Bonchev–Trinajstić information content (AvgIpc) is 2.69. The number of carbonyl (C=O) groups is 1. The van der Waals surface area contributed by atoms with Gasteiger partial charge in [0.1, 0.15) is 0 Å². The van der Waals surface area contributed by atoms with E-state index in [4.69, 9.17) is 4.99 Å². The number of guanidine groups is 1. The number of benzene rings is 1. The number of carbonyl (C=O) groups excluding carboxylic acids is 1. The van der Waals surface area contributed by atoms with E-state index in [1.54, 1.807) is 0 Å². The van der Waals surface area contributed by atoms with E-state index in [2.05, 4.69) is 40.8 Å². The summed E-state index contributed by atoms with van der Waals surface area (Å²) < 4.78 is 0. The fourth-order valence-electron chi connectivity index (χ4n) is 4.15. The van der Waals surface area contributed by atoms with Crippen molar-refractivity contribution in [3.8, 4) is 0 Å². The highest BCUT2D eigenvalue weighted by Crippen LogP contribution is 2.27. The van der Waals surface area contributed by atoms with Crippen molar-refractivity contribution in [3.63, 3.8) is 0 Å². The van der Waals surface area contributed by atoms with Gasteiger partial charge in [-0.1, -0.05) is 25.0 Å². The molecule has 1 aliphatic heterocycles. The van der Waals surface area contributed by atoms with E-state index < -0.39 is 0 Å². The predicted molar refractivity (Wildman–Crippen MR) is 125 cm³/mol. The van der Waals surface area contributed by atoms with Gasteiger partial charge in [0.05, 0.1) is 6.54 Å². The van der Waals surface area contributed by atoms with Crippen molar-refractivity contribution in [2.45, 2.75) is 71.4 Å². The molecule has 1 aromatic carbocycles. The maximum atomic E-state index is 12.2. The molecule has 1 aromatic rings. The van der Waals surface area contributed by atoms with Gasteiger partial charge >= 0.3 is 0 Å². The molecule has 1 atom stereocenters. The maximum absolute atomic E-state index is 12.2. The molecule has 2 aliphatic rings. The van der Waals surface area contributed by atoms with Gasteiger partial charge in [0.2, 0.25) is 5.91 Å². The Morgan fingerprint density at radius 1 is 1.17 bits per heavy atom. The van der Waals surface area contributed by atoms with Crippen LogP contribution in [0.3, 0.4) is 0 Å². The largest absolute Gasteiger partial charge is 0.357 e. The Bertz CT molecular complexity index is 701. The molecule has 1 aliphatic carbocycles. The van der Waals surface area contributed by atoms with Crippen molar-refractivity contribution in [2.24, 2.45) is 10.9 Å². The summed E-state index contributed by atoms with van der Waals surface area (Å²) in [6.07, 6.45) is 8.37. The summed E-state index contributed by atoms with van der Waals surface area (Å²) in [5.41, 5.74) is 1.97. The van der Waals surface area contributed by atoms with Crippen molar-refractivity contribution >= 4 is 17.6 Å². The van der Waals surface area contributed by atoms with Crippen molar-refractivity contribution < 1.29 is 4.79 Å². The van der Waals surface area contributed by atoms with E-state index in [9.17, 15) is 4.79 Å². The quantitative estimate of drug-likeness (QED) is 0.328. The first-order valence-electron chi connectivity index (χ1n) is 11.8. The molecule has 30 heavy (non-hydrogen) atoms. The molecular formula is C24H39N5O. The van der Waals surface area contributed by atoms with Crippen LogP contribution in [0.2, 0.25) is 0 Å². The first-order chi connectivity index (χ1) is 14.7. The van der Waals surface area contributed by atoms with Gasteiger partial charge < -0.3 is 20.9 Å². The Hall–Kier alpha value is -2.08. The molecule has 3 N–H and O–H groups in total. The lowest BCUT2D eigenvalue weighted by atomic mass is 9.85. The Morgan fingerprint density at radius 2 is 2.03 bits per heavy atom. The lowest BCUT2D eigenvalue weighted by Crippen LogP contribution is -2.41. The number of anilines is 1. The Kier molecular flexibility index (Phi) is 9.00. The molecule has 6 nitrogen and oxygen atoms in total. The SMILES string of the molecule is CCNC(=NCc1cccc(NC(=O)C2CCC2)c1)NCCCN1CCCCC1C. The number of hydrogen-bond acceptors (Lipinski definition) is 3. The number of aliphatic imine (C=N–C) groups is 1. The summed E-state index contributed by atoms with van der Waals surface area (Å²) in [7, 11) is 0. The highest BCUT2D eigenvalue weighted by Gasteiger charge is 2.25. The zero-order chi connectivity index (χ0) is 21.2. The van der Waals surface area contributed by atoms with Crippen molar-refractivity contribution in [3.05, 3.63) is 29.8 Å². The second-order valence-corrected chi connectivity index (χ2v) is 8.67. The fraction of sp³-hybridized carbons (Fsp3) is 0.667. The van der Waals surface area contributed by atoms with E-state index in [1.165, 1.54) is 32.2 Å². The highest BCUT2D eigenvalue weighted by atomic mass is 16.1. The molecule has 6 heteroatoms. The molecule has 0 bridgehead atoms. The molecule has 1 amide bonds. The number of nitrogens with one attached hydrogen (secondary N) is 3. The third kappa shape index (κ3) is 7.01. The van der Waals surface area contributed by atoms with Gasteiger partial charge in [0.15, 0.2) is 5.96 Å². The van der Waals surface area contributed by atoms with Gasteiger partial charge in [-0.2, -0.15) is 0 Å². The molecule has 0 aromatic heterocycles. The standard InChI is InChI=1S/C24H39N5O/c1-3-25-24(26-14-8-16-29-15-5-4-9-19(29)2)27-18-20-10-6-13-22(17-20)28-23(30)21-11-7-12-21/h6,10,13,17,19,21H,3-5,7-9,11-12,14-16,18H2,1-2H3,(H,28,30)(H2,25,26,27). The van der Waals surface area contributed by atoms with E-state index in [1.807, 2.05) is 18.2 Å². The van der Waals surface area contributed by atoms with Crippen LogP contribution in [0.1, 0.15) is 64.4 Å². The minimum absolute atomic E-state index is 0.153. The molecule has 1 saturated heterocycles. The van der Waals surface area contributed by atoms with E-state index >= 15 is 0 Å². The third-order valence-corrected chi connectivity index (χ3v) is 6.29. The van der Waals surface area contributed by atoms with Crippen LogP contribution in [0.15, 0.2) is 29.3 Å².